The van der Waals surface area contributed by atoms with Crippen molar-refractivity contribution in [2.75, 3.05) is 44.2 Å². The molecule has 1 saturated heterocycles. The number of anilines is 1. The van der Waals surface area contributed by atoms with Crippen LogP contribution in [0.25, 0.3) is 11.0 Å². The molecule has 4 rings (SSSR count). The number of hydrogen-bond donors (Lipinski definition) is 0. The first-order valence-corrected chi connectivity index (χ1v) is 11.0. The number of rotatable bonds is 7. The van der Waals surface area contributed by atoms with Gasteiger partial charge in [0, 0.05) is 51.2 Å². The lowest BCUT2D eigenvalue weighted by atomic mass is 10.2. The monoisotopic (exact) mass is 445 g/mol. The molecule has 3 aromatic heterocycles. The van der Waals surface area contributed by atoms with Crippen LogP contribution in [-0.4, -0.2) is 74.7 Å². The highest BCUT2D eigenvalue weighted by atomic mass is 35.5. The Kier molecular flexibility index (Phi) is 6.31. The lowest BCUT2D eigenvalue weighted by molar-refractivity contribution is -0.132. The normalized spacial score (nSPS) is 14.6. The second kappa shape index (κ2) is 9.11. The average molecular weight is 446 g/mol. The maximum absolute atomic E-state index is 12.9. The van der Waals surface area contributed by atoms with Crippen LogP contribution >= 0.6 is 22.9 Å². The Morgan fingerprint density at radius 1 is 1.30 bits per heavy atom. The summed E-state index contributed by atoms with van der Waals surface area (Å²) in [4.78, 5) is 29.0. The van der Waals surface area contributed by atoms with Gasteiger partial charge in [-0.1, -0.05) is 17.7 Å². The molecule has 8 nitrogen and oxygen atoms in total. The van der Waals surface area contributed by atoms with E-state index in [0.29, 0.717) is 32.7 Å². The molecule has 3 aromatic rings. The largest absolute Gasteiger partial charge is 0.352 e. The summed E-state index contributed by atoms with van der Waals surface area (Å²) in [5.74, 6) is 1.01. The molecule has 0 atom stereocenters. The van der Waals surface area contributed by atoms with Crippen LogP contribution in [0.15, 0.2) is 37.3 Å². The SMILES string of the molecule is C=CCN(CC(=O)N1CCN(c2ncnc3c2cnn3C)CC1)Cc1ccc(Cl)s1. The summed E-state index contributed by atoms with van der Waals surface area (Å²) < 4.78 is 2.51. The van der Waals surface area contributed by atoms with Crippen molar-refractivity contribution in [3.63, 3.8) is 0 Å². The Labute approximate surface area is 184 Å². The third-order valence-corrected chi connectivity index (χ3v) is 6.41. The van der Waals surface area contributed by atoms with Gasteiger partial charge >= 0.3 is 0 Å². The van der Waals surface area contributed by atoms with Gasteiger partial charge in [0.15, 0.2) is 5.65 Å². The van der Waals surface area contributed by atoms with Crippen LogP contribution < -0.4 is 4.90 Å². The summed E-state index contributed by atoms with van der Waals surface area (Å²) in [5, 5.41) is 5.22. The number of halogens is 1. The summed E-state index contributed by atoms with van der Waals surface area (Å²) in [6.45, 7) is 8.32. The standard InChI is InChI=1S/C20H24ClN7OS/c1-3-6-26(12-15-4-5-17(21)30-15)13-18(29)27-7-9-28(10-8-27)20-16-11-24-25(2)19(16)22-14-23-20/h3-5,11,14H,1,6-10,12-13H2,2H3. The molecule has 0 aliphatic carbocycles. The molecule has 0 bridgehead atoms. The summed E-state index contributed by atoms with van der Waals surface area (Å²) >= 11 is 7.58. The van der Waals surface area contributed by atoms with E-state index in [1.165, 1.54) is 0 Å². The van der Waals surface area contributed by atoms with Gasteiger partial charge in [0.2, 0.25) is 5.91 Å². The van der Waals surface area contributed by atoms with Crippen molar-refractivity contribution in [1.29, 1.82) is 0 Å². The highest BCUT2D eigenvalue weighted by molar-refractivity contribution is 7.16. The molecule has 0 N–H and O–H groups in total. The van der Waals surface area contributed by atoms with Gasteiger partial charge < -0.3 is 9.80 Å². The van der Waals surface area contributed by atoms with Crippen molar-refractivity contribution in [3.05, 3.63) is 46.5 Å². The fraction of sp³-hybridized carbons (Fsp3) is 0.400. The van der Waals surface area contributed by atoms with Gasteiger partial charge in [-0.05, 0) is 12.1 Å². The van der Waals surface area contributed by atoms with E-state index in [1.807, 2.05) is 30.2 Å². The fourth-order valence-electron chi connectivity index (χ4n) is 3.69. The van der Waals surface area contributed by atoms with Crippen LogP contribution in [0.5, 0.6) is 0 Å². The van der Waals surface area contributed by atoms with E-state index in [1.54, 1.807) is 28.5 Å². The molecule has 0 spiro atoms. The van der Waals surface area contributed by atoms with Crippen molar-refractivity contribution in [2.24, 2.45) is 7.05 Å². The second-order valence-electron chi connectivity index (χ2n) is 7.23. The zero-order valence-electron chi connectivity index (χ0n) is 16.9. The number of carbonyl (C=O) groups is 1. The first-order chi connectivity index (χ1) is 14.5. The van der Waals surface area contributed by atoms with Gasteiger partial charge in [0.1, 0.15) is 12.1 Å². The van der Waals surface area contributed by atoms with Gasteiger partial charge in [-0.25, -0.2) is 9.97 Å². The van der Waals surface area contributed by atoms with Crippen LogP contribution in [0, 0.1) is 0 Å². The van der Waals surface area contributed by atoms with E-state index in [2.05, 4.69) is 31.4 Å². The van der Waals surface area contributed by atoms with Gasteiger partial charge in [0.25, 0.3) is 0 Å². The molecule has 1 aliphatic heterocycles. The number of nitrogens with zero attached hydrogens (tertiary/aromatic N) is 7. The number of piperazine rings is 1. The molecule has 0 aromatic carbocycles. The molecular formula is C20H24ClN7OS. The summed E-state index contributed by atoms with van der Waals surface area (Å²) in [6, 6.07) is 3.90. The molecule has 0 saturated carbocycles. The van der Waals surface area contributed by atoms with Crippen molar-refractivity contribution in [3.8, 4) is 0 Å². The third kappa shape index (κ3) is 4.48. The molecule has 10 heteroatoms. The number of aryl methyl sites for hydroxylation is 1. The zero-order chi connectivity index (χ0) is 21.1. The average Bonchev–Trinajstić information content (AvgIpc) is 3.33. The molecule has 30 heavy (non-hydrogen) atoms. The van der Waals surface area contributed by atoms with E-state index in [-0.39, 0.29) is 5.91 Å². The molecular weight excluding hydrogens is 422 g/mol. The minimum absolute atomic E-state index is 0.133. The molecule has 0 radical (unpaired) electrons. The van der Waals surface area contributed by atoms with Crippen LogP contribution in [0.3, 0.4) is 0 Å². The molecule has 0 unspecified atom stereocenters. The third-order valence-electron chi connectivity index (χ3n) is 5.19. The summed E-state index contributed by atoms with van der Waals surface area (Å²) in [5.41, 5.74) is 0.812. The maximum Gasteiger partial charge on any atom is 0.236 e. The molecule has 1 fully saturated rings. The molecule has 1 amide bonds. The van der Waals surface area contributed by atoms with Crippen molar-refractivity contribution < 1.29 is 4.79 Å². The highest BCUT2D eigenvalue weighted by Crippen LogP contribution is 2.24. The van der Waals surface area contributed by atoms with Crippen molar-refractivity contribution in [1.82, 2.24) is 29.5 Å². The van der Waals surface area contributed by atoms with E-state index in [9.17, 15) is 4.79 Å². The Bertz CT molecular complexity index is 1040. The minimum atomic E-state index is 0.133. The van der Waals surface area contributed by atoms with Crippen molar-refractivity contribution in [2.45, 2.75) is 6.54 Å². The van der Waals surface area contributed by atoms with Gasteiger partial charge in [-0.2, -0.15) is 5.10 Å². The number of thiophene rings is 1. The molecule has 158 valence electrons. The van der Waals surface area contributed by atoms with Crippen molar-refractivity contribution >= 4 is 45.7 Å². The lowest BCUT2D eigenvalue weighted by Gasteiger charge is -2.36. The Morgan fingerprint density at radius 3 is 2.80 bits per heavy atom. The number of hydrogen-bond acceptors (Lipinski definition) is 7. The number of aromatic nitrogens is 4. The fourth-order valence-corrected chi connectivity index (χ4v) is 4.82. The smallest absolute Gasteiger partial charge is 0.236 e. The van der Waals surface area contributed by atoms with E-state index < -0.39 is 0 Å². The summed E-state index contributed by atoms with van der Waals surface area (Å²) in [6.07, 6.45) is 5.20. The first kappa shape index (κ1) is 20.8. The van der Waals surface area contributed by atoms with E-state index >= 15 is 0 Å². The predicted octanol–water partition coefficient (Wildman–Crippen LogP) is 2.42. The van der Waals surface area contributed by atoms with Crippen LogP contribution in [0.1, 0.15) is 4.88 Å². The minimum Gasteiger partial charge on any atom is -0.352 e. The van der Waals surface area contributed by atoms with Crippen LogP contribution in [0.4, 0.5) is 5.82 Å². The zero-order valence-corrected chi connectivity index (χ0v) is 18.4. The Balaban J connectivity index is 1.36. The van der Waals surface area contributed by atoms with Gasteiger partial charge in [-0.3, -0.25) is 14.4 Å². The molecule has 1 aliphatic rings. The number of carbonyl (C=O) groups excluding carboxylic acids is 1. The Hall–Kier alpha value is -2.49. The quantitative estimate of drug-likeness (QED) is 0.520. The Morgan fingerprint density at radius 2 is 2.10 bits per heavy atom. The van der Waals surface area contributed by atoms with Crippen LogP contribution in [0.2, 0.25) is 4.34 Å². The van der Waals surface area contributed by atoms with Gasteiger partial charge in [0.05, 0.1) is 22.5 Å². The van der Waals surface area contributed by atoms with E-state index in [4.69, 9.17) is 11.6 Å². The van der Waals surface area contributed by atoms with Gasteiger partial charge in [-0.15, -0.1) is 17.9 Å². The maximum atomic E-state index is 12.9. The first-order valence-electron chi connectivity index (χ1n) is 9.78. The van der Waals surface area contributed by atoms with Crippen LogP contribution in [-0.2, 0) is 18.4 Å². The number of fused-ring (bicyclic) bond motifs is 1. The highest BCUT2D eigenvalue weighted by Gasteiger charge is 2.25. The molecule has 4 heterocycles. The number of amides is 1. The lowest BCUT2D eigenvalue weighted by Crippen LogP contribution is -2.51. The second-order valence-corrected chi connectivity index (χ2v) is 9.03. The predicted molar refractivity (Wildman–Crippen MR) is 120 cm³/mol. The summed E-state index contributed by atoms with van der Waals surface area (Å²) in [7, 11) is 1.87. The topological polar surface area (TPSA) is 70.4 Å². The van der Waals surface area contributed by atoms with E-state index in [0.717, 1.165) is 39.2 Å².